The summed E-state index contributed by atoms with van der Waals surface area (Å²) in [5.74, 6) is -0.235. The fourth-order valence-electron chi connectivity index (χ4n) is 6.05. The number of piperazine rings is 1. The third-order valence-corrected chi connectivity index (χ3v) is 8.91. The summed E-state index contributed by atoms with van der Waals surface area (Å²) >= 11 is 0. The first-order valence-electron chi connectivity index (χ1n) is 16.1. The van der Waals surface area contributed by atoms with E-state index in [0.717, 1.165) is 61.0 Å². The van der Waals surface area contributed by atoms with Crippen LogP contribution in [-0.2, 0) is 21.8 Å². The van der Waals surface area contributed by atoms with E-state index in [0.29, 0.717) is 19.8 Å². The Hall–Kier alpha value is -5.01. The van der Waals surface area contributed by atoms with E-state index in [1.807, 2.05) is 43.3 Å². The van der Waals surface area contributed by atoms with Gasteiger partial charge in [-0.2, -0.15) is 10.2 Å². The third kappa shape index (κ3) is 6.49. The van der Waals surface area contributed by atoms with Gasteiger partial charge in [-0.25, -0.2) is 23.7 Å². The lowest BCUT2D eigenvalue weighted by Gasteiger charge is -2.37. The molecule has 0 N–H and O–H groups in total. The number of aromatic nitrogens is 7. The summed E-state index contributed by atoms with van der Waals surface area (Å²) in [6.45, 7) is 8.75. The number of ether oxygens (including phenoxy) is 3. The number of rotatable bonds is 11. The molecule has 0 aliphatic carbocycles. The molecule has 2 aromatic carbocycles. The summed E-state index contributed by atoms with van der Waals surface area (Å²) in [4.78, 5) is 25.9. The predicted molar refractivity (Wildman–Crippen MR) is 176 cm³/mol. The fourth-order valence-corrected chi connectivity index (χ4v) is 6.05. The van der Waals surface area contributed by atoms with Crippen molar-refractivity contribution in [1.82, 2.24) is 34.1 Å². The van der Waals surface area contributed by atoms with Gasteiger partial charge < -0.3 is 24.0 Å². The minimum absolute atomic E-state index is 0.0705. The number of nitrogens with zero attached hydrogens (tertiary/aromatic N) is 9. The molecule has 0 amide bonds. The molecule has 2 aliphatic rings. The molecule has 5 heterocycles. The molecule has 47 heavy (non-hydrogen) atoms. The van der Waals surface area contributed by atoms with Crippen molar-refractivity contribution in [3.05, 3.63) is 108 Å². The van der Waals surface area contributed by atoms with Gasteiger partial charge in [-0.15, -0.1) is 0 Å². The smallest absolute Gasteiger partial charge is 0.350 e. The van der Waals surface area contributed by atoms with Crippen molar-refractivity contribution in [3.8, 4) is 11.4 Å². The number of hydrogen-bond donors (Lipinski definition) is 0. The van der Waals surface area contributed by atoms with Crippen LogP contribution in [0.1, 0.15) is 31.9 Å². The van der Waals surface area contributed by atoms with Gasteiger partial charge in [0.15, 0.2) is 0 Å². The lowest BCUT2D eigenvalue weighted by molar-refractivity contribution is -0.191. The van der Waals surface area contributed by atoms with Gasteiger partial charge in [0, 0.05) is 55.5 Å². The maximum atomic E-state index is 12.8. The molecular weight excluding hydrogens is 598 g/mol. The molecule has 2 aliphatic heterocycles. The zero-order chi connectivity index (χ0) is 32.2. The Kier molecular flexibility index (Phi) is 8.72. The monoisotopic (exact) mass is 637 g/mol. The molecule has 0 radical (unpaired) electrons. The lowest BCUT2D eigenvalue weighted by atomic mass is 10.1. The molecule has 0 saturated carbocycles. The Balaban J connectivity index is 0.913. The van der Waals surface area contributed by atoms with E-state index in [-0.39, 0.29) is 17.8 Å². The van der Waals surface area contributed by atoms with Crippen LogP contribution in [0.15, 0.2) is 96.8 Å². The summed E-state index contributed by atoms with van der Waals surface area (Å²) in [5.41, 5.74) is 3.84. The van der Waals surface area contributed by atoms with Crippen molar-refractivity contribution in [2.45, 2.75) is 44.7 Å². The maximum absolute atomic E-state index is 12.8. The van der Waals surface area contributed by atoms with E-state index in [1.165, 1.54) is 6.33 Å². The Labute approximate surface area is 272 Å². The zero-order valence-electron chi connectivity index (χ0n) is 26.6. The van der Waals surface area contributed by atoms with Gasteiger partial charge in [-0.05, 0) is 67.9 Å². The molecule has 5 aromatic rings. The van der Waals surface area contributed by atoms with Gasteiger partial charge in [-0.1, -0.05) is 13.0 Å². The second kappa shape index (κ2) is 13.4. The fraction of sp³-hybridized carbons (Fsp3) is 0.382. The summed E-state index contributed by atoms with van der Waals surface area (Å²) in [6.07, 6.45) is 8.81. The third-order valence-electron chi connectivity index (χ3n) is 8.91. The van der Waals surface area contributed by atoms with Gasteiger partial charge in [-0.3, -0.25) is 4.98 Å². The minimum Gasteiger partial charge on any atom is -0.491 e. The van der Waals surface area contributed by atoms with Crippen LogP contribution in [0.5, 0.6) is 5.75 Å². The summed E-state index contributed by atoms with van der Waals surface area (Å²) in [7, 11) is 0. The van der Waals surface area contributed by atoms with E-state index in [9.17, 15) is 4.79 Å². The first-order chi connectivity index (χ1) is 23.0. The van der Waals surface area contributed by atoms with Gasteiger partial charge in [0.1, 0.15) is 44.0 Å². The first kappa shape index (κ1) is 30.6. The van der Waals surface area contributed by atoms with Crippen molar-refractivity contribution < 1.29 is 14.2 Å². The van der Waals surface area contributed by atoms with Crippen LogP contribution in [0.2, 0.25) is 0 Å². The van der Waals surface area contributed by atoms with E-state index in [1.54, 1.807) is 39.0 Å². The van der Waals surface area contributed by atoms with Crippen LogP contribution >= 0.6 is 0 Å². The molecule has 7 rings (SSSR count). The molecule has 0 unspecified atom stereocenters. The largest absolute Gasteiger partial charge is 0.491 e. The average molecular weight is 638 g/mol. The van der Waals surface area contributed by atoms with Crippen molar-refractivity contribution in [1.29, 1.82) is 0 Å². The van der Waals surface area contributed by atoms with Gasteiger partial charge in [0.2, 0.25) is 5.79 Å². The topological polar surface area (TPSA) is 118 Å². The van der Waals surface area contributed by atoms with Crippen LogP contribution in [0.4, 0.5) is 11.4 Å². The van der Waals surface area contributed by atoms with Crippen LogP contribution in [-0.4, -0.2) is 79.6 Å². The highest BCUT2D eigenvalue weighted by Crippen LogP contribution is 2.36. The van der Waals surface area contributed by atoms with Crippen LogP contribution in [0, 0.1) is 0 Å². The Morgan fingerprint density at radius 2 is 1.62 bits per heavy atom. The lowest BCUT2D eigenvalue weighted by Crippen LogP contribution is -2.46. The molecule has 3 atom stereocenters. The van der Waals surface area contributed by atoms with Crippen LogP contribution < -0.4 is 20.2 Å². The number of hydrogen-bond acceptors (Lipinski definition) is 10. The summed E-state index contributed by atoms with van der Waals surface area (Å²) in [6, 6.07) is 20.2. The normalized spacial score (nSPS) is 20.4. The first-order valence-corrected chi connectivity index (χ1v) is 16.1. The number of anilines is 2. The SMILES string of the molecule is CC[C@@H](C)n1ncn(-c2ccc(N3CCN(c4ccc(OC[C@@H]5CO[C@@](Cn6cncn6)(c6cccnc6)O5)cc4)CC3)cc2)c1=O. The quantitative estimate of drug-likeness (QED) is 0.212. The molecule has 244 valence electrons. The molecule has 2 saturated heterocycles. The standard InChI is InChI=1S/C34H39N9O4/c1-3-26(2)43-33(44)42(25-38-43)30-8-6-28(7-9-30)39-15-17-40(18-16-39)29-10-12-31(13-11-29)45-20-32-21-46-34(47-32,22-41-24-36-23-37-41)27-5-4-14-35-19-27/h4-14,19,23-26,32H,3,15-18,20-22H2,1-2H3/t26-,32-,34-/m1/s1. The molecule has 13 heteroatoms. The second-order valence-corrected chi connectivity index (χ2v) is 11.9. The highest BCUT2D eigenvalue weighted by molar-refractivity contribution is 5.54. The van der Waals surface area contributed by atoms with Gasteiger partial charge in [0.05, 0.1) is 18.3 Å². The van der Waals surface area contributed by atoms with Crippen molar-refractivity contribution in [3.63, 3.8) is 0 Å². The predicted octanol–water partition coefficient (Wildman–Crippen LogP) is 3.67. The molecule has 3 aromatic heterocycles. The number of benzene rings is 2. The Morgan fingerprint density at radius 3 is 2.26 bits per heavy atom. The Bertz CT molecular complexity index is 1780. The molecule has 0 spiro atoms. The zero-order valence-corrected chi connectivity index (χ0v) is 26.6. The number of pyridine rings is 1. The van der Waals surface area contributed by atoms with Gasteiger partial charge >= 0.3 is 5.69 Å². The summed E-state index contributed by atoms with van der Waals surface area (Å²) in [5, 5.41) is 8.53. The van der Waals surface area contributed by atoms with E-state index in [4.69, 9.17) is 14.2 Å². The van der Waals surface area contributed by atoms with E-state index < -0.39 is 5.79 Å². The van der Waals surface area contributed by atoms with Crippen molar-refractivity contribution in [2.24, 2.45) is 0 Å². The minimum atomic E-state index is -1.01. The summed E-state index contributed by atoms with van der Waals surface area (Å²) < 4.78 is 23.6. The van der Waals surface area contributed by atoms with Crippen LogP contribution in [0.3, 0.4) is 0 Å². The van der Waals surface area contributed by atoms with Crippen molar-refractivity contribution >= 4 is 11.4 Å². The van der Waals surface area contributed by atoms with Crippen LogP contribution in [0.25, 0.3) is 5.69 Å². The maximum Gasteiger partial charge on any atom is 0.350 e. The highest BCUT2D eigenvalue weighted by atomic mass is 16.8. The molecule has 0 bridgehead atoms. The second-order valence-electron chi connectivity index (χ2n) is 11.9. The van der Waals surface area contributed by atoms with Gasteiger partial charge in [0.25, 0.3) is 0 Å². The average Bonchev–Trinajstić information content (AvgIpc) is 3.89. The van der Waals surface area contributed by atoms with E-state index in [2.05, 4.69) is 61.2 Å². The molecule has 2 fully saturated rings. The molecule has 13 nitrogen and oxygen atoms in total. The van der Waals surface area contributed by atoms with Crippen molar-refractivity contribution in [2.75, 3.05) is 49.2 Å². The highest BCUT2D eigenvalue weighted by Gasteiger charge is 2.44. The molecular formula is C34H39N9O4. The van der Waals surface area contributed by atoms with E-state index >= 15 is 0 Å². The Morgan fingerprint density at radius 1 is 0.915 bits per heavy atom.